The predicted molar refractivity (Wildman–Crippen MR) is 81.2 cm³/mol. The van der Waals surface area contributed by atoms with Crippen LogP contribution in [0.3, 0.4) is 0 Å². The summed E-state index contributed by atoms with van der Waals surface area (Å²) in [6.07, 6.45) is 4.76. The normalized spacial score (nSPS) is 22.8. The SMILES string of the molecule is C[C@H]1CCCC[C@@H]1NC(=O)c1ccc(C(N)=S)cc1. The van der Waals surface area contributed by atoms with Gasteiger partial charge in [0.05, 0.1) is 0 Å². The van der Waals surface area contributed by atoms with Crippen molar-refractivity contribution in [2.24, 2.45) is 11.7 Å². The molecule has 1 saturated carbocycles. The Morgan fingerprint density at radius 1 is 1.21 bits per heavy atom. The average molecular weight is 276 g/mol. The molecule has 0 saturated heterocycles. The molecule has 1 aromatic carbocycles. The van der Waals surface area contributed by atoms with Gasteiger partial charge in [0, 0.05) is 17.2 Å². The molecule has 0 aromatic heterocycles. The Bertz CT molecular complexity index is 470. The van der Waals surface area contributed by atoms with Gasteiger partial charge < -0.3 is 11.1 Å². The quantitative estimate of drug-likeness (QED) is 0.834. The molecular formula is C15H20N2OS. The first-order chi connectivity index (χ1) is 9.08. The summed E-state index contributed by atoms with van der Waals surface area (Å²) in [5.41, 5.74) is 6.99. The molecule has 0 radical (unpaired) electrons. The fourth-order valence-electron chi connectivity index (χ4n) is 2.57. The Balaban J connectivity index is 2.01. The molecule has 0 bridgehead atoms. The number of carbonyl (C=O) groups is 1. The number of hydrogen-bond donors (Lipinski definition) is 2. The van der Waals surface area contributed by atoms with Crippen LogP contribution in [0.25, 0.3) is 0 Å². The average Bonchev–Trinajstić information content (AvgIpc) is 2.41. The highest BCUT2D eigenvalue weighted by Gasteiger charge is 2.23. The van der Waals surface area contributed by atoms with Crippen molar-refractivity contribution in [1.29, 1.82) is 0 Å². The second-order valence-corrected chi connectivity index (χ2v) is 5.72. The molecular weight excluding hydrogens is 256 g/mol. The second-order valence-electron chi connectivity index (χ2n) is 5.28. The van der Waals surface area contributed by atoms with Crippen LogP contribution >= 0.6 is 12.2 Å². The summed E-state index contributed by atoms with van der Waals surface area (Å²) in [7, 11) is 0. The van der Waals surface area contributed by atoms with Crippen LogP contribution in [0, 0.1) is 5.92 Å². The number of nitrogens with two attached hydrogens (primary N) is 1. The predicted octanol–water partition coefficient (Wildman–Crippen LogP) is 2.63. The molecule has 3 nitrogen and oxygen atoms in total. The van der Waals surface area contributed by atoms with Gasteiger partial charge in [0.15, 0.2) is 0 Å². The zero-order chi connectivity index (χ0) is 13.8. The highest BCUT2D eigenvalue weighted by molar-refractivity contribution is 7.80. The van der Waals surface area contributed by atoms with Crippen molar-refractivity contribution in [1.82, 2.24) is 5.32 Å². The van der Waals surface area contributed by atoms with Gasteiger partial charge in [0.25, 0.3) is 5.91 Å². The Morgan fingerprint density at radius 2 is 1.79 bits per heavy atom. The van der Waals surface area contributed by atoms with Crippen molar-refractivity contribution in [3.63, 3.8) is 0 Å². The molecule has 1 amide bonds. The van der Waals surface area contributed by atoms with E-state index in [0.29, 0.717) is 22.5 Å². The zero-order valence-electron chi connectivity index (χ0n) is 11.2. The molecule has 0 aliphatic heterocycles. The van der Waals surface area contributed by atoms with Crippen LogP contribution in [0.2, 0.25) is 0 Å². The van der Waals surface area contributed by atoms with E-state index in [1.165, 1.54) is 19.3 Å². The molecule has 2 rings (SSSR count). The largest absolute Gasteiger partial charge is 0.389 e. The summed E-state index contributed by atoms with van der Waals surface area (Å²) in [6.45, 7) is 2.21. The van der Waals surface area contributed by atoms with Gasteiger partial charge in [-0.15, -0.1) is 0 Å². The summed E-state index contributed by atoms with van der Waals surface area (Å²) in [5.74, 6) is 0.557. The molecule has 2 atom stereocenters. The fraction of sp³-hybridized carbons (Fsp3) is 0.467. The van der Waals surface area contributed by atoms with Crippen molar-refractivity contribution < 1.29 is 4.79 Å². The van der Waals surface area contributed by atoms with Gasteiger partial charge in [-0.3, -0.25) is 4.79 Å². The maximum Gasteiger partial charge on any atom is 0.251 e. The van der Waals surface area contributed by atoms with Crippen molar-refractivity contribution in [2.45, 2.75) is 38.6 Å². The van der Waals surface area contributed by atoms with E-state index in [1.54, 1.807) is 24.3 Å². The van der Waals surface area contributed by atoms with Gasteiger partial charge in [0.2, 0.25) is 0 Å². The summed E-state index contributed by atoms with van der Waals surface area (Å²) in [4.78, 5) is 12.5. The summed E-state index contributed by atoms with van der Waals surface area (Å²) in [6, 6.07) is 7.44. The maximum absolute atomic E-state index is 12.2. The van der Waals surface area contributed by atoms with Crippen LogP contribution in [0.1, 0.15) is 48.5 Å². The third kappa shape index (κ3) is 3.53. The molecule has 19 heavy (non-hydrogen) atoms. The Morgan fingerprint density at radius 3 is 2.37 bits per heavy atom. The Labute approximate surface area is 119 Å². The van der Waals surface area contributed by atoms with E-state index < -0.39 is 0 Å². The number of rotatable bonds is 3. The smallest absolute Gasteiger partial charge is 0.251 e. The van der Waals surface area contributed by atoms with E-state index >= 15 is 0 Å². The molecule has 102 valence electrons. The molecule has 4 heteroatoms. The maximum atomic E-state index is 12.2. The first-order valence-corrected chi connectivity index (χ1v) is 7.19. The highest BCUT2D eigenvalue weighted by atomic mass is 32.1. The van der Waals surface area contributed by atoms with Gasteiger partial charge in [0.1, 0.15) is 4.99 Å². The van der Waals surface area contributed by atoms with Gasteiger partial charge in [-0.25, -0.2) is 0 Å². The number of benzene rings is 1. The van der Waals surface area contributed by atoms with Crippen LogP contribution in [-0.4, -0.2) is 16.9 Å². The van der Waals surface area contributed by atoms with Gasteiger partial charge >= 0.3 is 0 Å². The first kappa shape index (κ1) is 14.0. The topological polar surface area (TPSA) is 55.1 Å². The molecule has 1 aliphatic carbocycles. The molecule has 1 fully saturated rings. The summed E-state index contributed by atoms with van der Waals surface area (Å²) < 4.78 is 0. The minimum atomic E-state index is -0.00626. The zero-order valence-corrected chi connectivity index (χ0v) is 12.0. The molecule has 1 aromatic rings. The number of carbonyl (C=O) groups excluding carboxylic acids is 1. The van der Waals surface area contributed by atoms with E-state index in [2.05, 4.69) is 12.2 Å². The van der Waals surface area contributed by atoms with Crippen molar-refractivity contribution in [2.75, 3.05) is 0 Å². The van der Waals surface area contributed by atoms with E-state index in [1.807, 2.05) is 0 Å². The molecule has 1 aliphatic rings. The number of thiocarbonyl (C=S) groups is 1. The van der Waals surface area contributed by atoms with E-state index in [4.69, 9.17) is 18.0 Å². The van der Waals surface area contributed by atoms with Crippen LogP contribution in [0.5, 0.6) is 0 Å². The lowest BCUT2D eigenvalue weighted by Crippen LogP contribution is -2.41. The minimum absolute atomic E-state index is 0.00626. The third-order valence-electron chi connectivity index (χ3n) is 3.86. The number of hydrogen-bond acceptors (Lipinski definition) is 2. The van der Waals surface area contributed by atoms with Crippen molar-refractivity contribution in [3.8, 4) is 0 Å². The Hall–Kier alpha value is -1.42. The number of nitrogens with one attached hydrogen (secondary N) is 1. The third-order valence-corrected chi connectivity index (χ3v) is 4.10. The lowest BCUT2D eigenvalue weighted by atomic mass is 9.86. The molecule has 3 N–H and O–H groups in total. The molecule has 0 heterocycles. The number of amides is 1. The van der Waals surface area contributed by atoms with Crippen molar-refractivity contribution in [3.05, 3.63) is 35.4 Å². The second kappa shape index (κ2) is 6.15. The van der Waals surface area contributed by atoms with E-state index in [9.17, 15) is 4.79 Å². The van der Waals surface area contributed by atoms with Crippen LogP contribution < -0.4 is 11.1 Å². The van der Waals surface area contributed by atoms with E-state index in [-0.39, 0.29) is 5.91 Å². The van der Waals surface area contributed by atoms with Gasteiger partial charge in [-0.2, -0.15) is 0 Å². The fourth-order valence-corrected chi connectivity index (χ4v) is 2.70. The summed E-state index contributed by atoms with van der Waals surface area (Å²) >= 11 is 4.89. The minimum Gasteiger partial charge on any atom is -0.389 e. The monoisotopic (exact) mass is 276 g/mol. The Kier molecular flexibility index (Phi) is 4.53. The van der Waals surface area contributed by atoms with Crippen LogP contribution in [0.15, 0.2) is 24.3 Å². The molecule has 0 unspecified atom stereocenters. The summed E-state index contributed by atoms with van der Waals surface area (Å²) in [5, 5.41) is 3.13. The highest BCUT2D eigenvalue weighted by Crippen LogP contribution is 2.24. The molecule has 0 spiro atoms. The van der Waals surface area contributed by atoms with Crippen LogP contribution in [0.4, 0.5) is 0 Å². The lowest BCUT2D eigenvalue weighted by Gasteiger charge is -2.29. The standard InChI is InChI=1S/C15H20N2OS/c1-10-4-2-3-5-13(10)17-15(18)12-8-6-11(7-9-12)14(16)19/h6-10,13H,2-5H2,1H3,(H2,16,19)(H,17,18)/t10-,13-/m0/s1. The van der Waals surface area contributed by atoms with Gasteiger partial charge in [-0.1, -0.05) is 44.1 Å². The van der Waals surface area contributed by atoms with E-state index in [0.717, 1.165) is 12.0 Å². The lowest BCUT2D eigenvalue weighted by molar-refractivity contribution is 0.0910. The van der Waals surface area contributed by atoms with Gasteiger partial charge in [-0.05, 0) is 30.9 Å². The van der Waals surface area contributed by atoms with Crippen molar-refractivity contribution >= 4 is 23.1 Å². The van der Waals surface area contributed by atoms with Crippen LogP contribution in [-0.2, 0) is 0 Å². The first-order valence-electron chi connectivity index (χ1n) is 6.78.